The predicted octanol–water partition coefficient (Wildman–Crippen LogP) is 0.0185. The maximum absolute atomic E-state index is 8.75. The van der Waals surface area contributed by atoms with E-state index in [0.717, 1.165) is 31.7 Å². The first-order chi connectivity index (χ1) is 6.38. The van der Waals surface area contributed by atoms with Crippen LogP contribution in [0.5, 0.6) is 0 Å². The summed E-state index contributed by atoms with van der Waals surface area (Å²) in [6, 6.07) is 0. The highest BCUT2D eigenvalue weighted by Crippen LogP contribution is 2.15. The van der Waals surface area contributed by atoms with Crippen LogP contribution in [-0.2, 0) is 17.8 Å². The Morgan fingerprint density at radius 1 is 1.62 bits per heavy atom. The highest BCUT2D eigenvalue weighted by molar-refractivity contribution is 4.91. The third-order valence-corrected chi connectivity index (χ3v) is 2.16. The van der Waals surface area contributed by atoms with E-state index in [4.69, 9.17) is 9.84 Å². The molecule has 72 valence electrons. The molecule has 0 radical (unpaired) electrons. The first-order valence-electron chi connectivity index (χ1n) is 4.51. The monoisotopic (exact) mass is 183 g/mol. The Kier molecular flexibility index (Phi) is 2.56. The van der Waals surface area contributed by atoms with Gasteiger partial charge in [0.25, 0.3) is 0 Å². The molecule has 2 heterocycles. The third kappa shape index (κ3) is 2.05. The van der Waals surface area contributed by atoms with Gasteiger partial charge in [0.2, 0.25) is 0 Å². The number of hydrogen-bond acceptors (Lipinski definition) is 4. The molecule has 1 saturated heterocycles. The van der Waals surface area contributed by atoms with E-state index >= 15 is 0 Å². The summed E-state index contributed by atoms with van der Waals surface area (Å²) in [5.41, 5.74) is 0. The Hall–Kier alpha value is -0.940. The van der Waals surface area contributed by atoms with Crippen molar-refractivity contribution >= 4 is 0 Å². The number of aliphatic hydroxyl groups is 1. The summed E-state index contributed by atoms with van der Waals surface area (Å²) in [5, 5.41) is 15.4. The number of nitrogens with one attached hydrogen (secondary N) is 1. The molecule has 13 heavy (non-hydrogen) atoms. The van der Waals surface area contributed by atoms with Crippen molar-refractivity contribution in [3.05, 3.63) is 11.6 Å². The molecule has 1 aliphatic heterocycles. The molecule has 5 heteroatoms. The summed E-state index contributed by atoms with van der Waals surface area (Å²) < 4.78 is 5.44. The number of hydrogen-bond donors (Lipinski definition) is 2. The van der Waals surface area contributed by atoms with E-state index in [9.17, 15) is 0 Å². The summed E-state index contributed by atoms with van der Waals surface area (Å²) in [7, 11) is 0. The van der Waals surface area contributed by atoms with Crippen molar-refractivity contribution in [2.75, 3.05) is 6.61 Å². The molecule has 1 unspecified atom stereocenters. The Morgan fingerprint density at radius 3 is 3.15 bits per heavy atom. The lowest BCUT2D eigenvalue weighted by Crippen LogP contribution is -2.09. The largest absolute Gasteiger partial charge is 0.388 e. The molecule has 1 fully saturated rings. The molecule has 2 rings (SSSR count). The van der Waals surface area contributed by atoms with Gasteiger partial charge in [-0.05, 0) is 12.8 Å². The number of aromatic nitrogens is 3. The Bertz CT molecular complexity index is 268. The molecule has 1 atom stereocenters. The molecular formula is C8H13N3O2. The summed E-state index contributed by atoms with van der Waals surface area (Å²) in [5.74, 6) is 1.25. The number of aliphatic hydroxyl groups excluding tert-OH is 1. The number of H-pyrrole nitrogens is 1. The lowest BCUT2D eigenvalue weighted by molar-refractivity contribution is 0.110. The second-order valence-corrected chi connectivity index (χ2v) is 3.20. The van der Waals surface area contributed by atoms with Gasteiger partial charge in [-0.15, -0.1) is 0 Å². The number of rotatable bonds is 3. The van der Waals surface area contributed by atoms with Crippen molar-refractivity contribution in [2.45, 2.75) is 32.0 Å². The van der Waals surface area contributed by atoms with Crippen LogP contribution >= 0.6 is 0 Å². The van der Waals surface area contributed by atoms with Crippen molar-refractivity contribution in [3.8, 4) is 0 Å². The molecule has 0 spiro atoms. The molecule has 1 aliphatic rings. The van der Waals surface area contributed by atoms with E-state index < -0.39 is 0 Å². The summed E-state index contributed by atoms with van der Waals surface area (Å²) >= 11 is 0. The standard InChI is InChI=1S/C8H13N3O2/c12-5-8-9-7(10-11-8)4-6-2-1-3-13-6/h6,12H,1-5H2,(H,9,10,11). The molecule has 0 aliphatic carbocycles. The minimum absolute atomic E-state index is 0.0848. The summed E-state index contributed by atoms with van der Waals surface area (Å²) in [6.45, 7) is 0.764. The van der Waals surface area contributed by atoms with Gasteiger partial charge in [-0.2, -0.15) is 5.10 Å². The average molecular weight is 183 g/mol. The van der Waals surface area contributed by atoms with Gasteiger partial charge in [-0.25, -0.2) is 4.98 Å². The van der Waals surface area contributed by atoms with Gasteiger partial charge in [0.05, 0.1) is 6.10 Å². The highest BCUT2D eigenvalue weighted by Gasteiger charge is 2.17. The van der Waals surface area contributed by atoms with Crippen LogP contribution < -0.4 is 0 Å². The van der Waals surface area contributed by atoms with Gasteiger partial charge < -0.3 is 9.84 Å². The van der Waals surface area contributed by atoms with Crippen LogP contribution in [0.1, 0.15) is 24.5 Å². The zero-order valence-corrected chi connectivity index (χ0v) is 7.36. The lowest BCUT2D eigenvalue weighted by atomic mass is 10.2. The minimum Gasteiger partial charge on any atom is -0.388 e. The fourth-order valence-electron chi connectivity index (χ4n) is 1.51. The quantitative estimate of drug-likeness (QED) is 0.693. The zero-order valence-electron chi connectivity index (χ0n) is 7.36. The Balaban J connectivity index is 1.92. The number of nitrogens with zero attached hydrogens (tertiary/aromatic N) is 2. The van der Waals surface area contributed by atoms with Crippen molar-refractivity contribution in [3.63, 3.8) is 0 Å². The van der Waals surface area contributed by atoms with Gasteiger partial charge in [-0.3, -0.25) is 5.10 Å². The van der Waals surface area contributed by atoms with Gasteiger partial charge in [-0.1, -0.05) is 0 Å². The fourth-order valence-corrected chi connectivity index (χ4v) is 1.51. The number of aromatic amines is 1. The Labute approximate surface area is 76.1 Å². The molecule has 0 bridgehead atoms. The topological polar surface area (TPSA) is 71.0 Å². The fraction of sp³-hybridized carbons (Fsp3) is 0.750. The van der Waals surface area contributed by atoms with Crippen LogP contribution in [0.4, 0.5) is 0 Å². The lowest BCUT2D eigenvalue weighted by Gasteiger charge is -2.04. The highest BCUT2D eigenvalue weighted by atomic mass is 16.5. The average Bonchev–Trinajstić information content (AvgIpc) is 2.76. The van der Waals surface area contributed by atoms with Gasteiger partial charge in [0.1, 0.15) is 12.4 Å². The van der Waals surface area contributed by atoms with E-state index in [1.807, 2.05) is 0 Å². The van der Waals surface area contributed by atoms with Crippen molar-refractivity contribution < 1.29 is 9.84 Å². The normalized spacial score (nSPS) is 22.4. The van der Waals surface area contributed by atoms with E-state index in [2.05, 4.69) is 15.2 Å². The smallest absolute Gasteiger partial charge is 0.153 e. The SMILES string of the molecule is OCc1nc(CC2CCCO2)n[nH]1. The maximum Gasteiger partial charge on any atom is 0.153 e. The maximum atomic E-state index is 8.75. The van der Waals surface area contributed by atoms with Crippen molar-refractivity contribution in [1.82, 2.24) is 15.2 Å². The predicted molar refractivity (Wildman–Crippen MR) is 45.0 cm³/mol. The summed E-state index contributed by atoms with van der Waals surface area (Å²) in [6.07, 6.45) is 3.23. The molecule has 1 aromatic heterocycles. The van der Waals surface area contributed by atoms with Crippen LogP contribution in [0.2, 0.25) is 0 Å². The number of ether oxygens (including phenoxy) is 1. The molecule has 1 aromatic rings. The van der Waals surface area contributed by atoms with E-state index in [-0.39, 0.29) is 12.7 Å². The first-order valence-corrected chi connectivity index (χ1v) is 4.51. The second kappa shape index (κ2) is 3.85. The van der Waals surface area contributed by atoms with Gasteiger partial charge >= 0.3 is 0 Å². The van der Waals surface area contributed by atoms with Crippen LogP contribution in [0.25, 0.3) is 0 Å². The molecule has 2 N–H and O–H groups in total. The van der Waals surface area contributed by atoms with Gasteiger partial charge in [0, 0.05) is 13.0 Å². The molecule has 0 aromatic carbocycles. The van der Waals surface area contributed by atoms with Crippen LogP contribution in [0, 0.1) is 0 Å². The van der Waals surface area contributed by atoms with E-state index in [0.29, 0.717) is 5.82 Å². The van der Waals surface area contributed by atoms with Crippen molar-refractivity contribution in [2.24, 2.45) is 0 Å². The first kappa shape index (κ1) is 8.65. The van der Waals surface area contributed by atoms with E-state index in [1.165, 1.54) is 0 Å². The van der Waals surface area contributed by atoms with Gasteiger partial charge in [0.15, 0.2) is 5.82 Å². The van der Waals surface area contributed by atoms with Crippen molar-refractivity contribution in [1.29, 1.82) is 0 Å². The Morgan fingerprint density at radius 2 is 2.54 bits per heavy atom. The minimum atomic E-state index is -0.0848. The van der Waals surface area contributed by atoms with Crippen LogP contribution in [0.3, 0.4) is 0 Å². The summed E-state index contributed by atoms with van der Waals surface area (Å²) in [4.78, 5) is 4.10. The van der Waals surface area contributed by atoms with E-state index in [1.54, 1.807) is 0 Å². The third-order valence-electron chi connectivity index (χ3n) is 2.16. The molecule has 0 saturated carbocycles. The van der Waals surface area contributed by atoms with Crippen LogP contribution in [-0.4, -0.2) is 33.0 Å². The molecular weight excluding hydrogens is 170 g/mol. The molecule has 5 nitrogen and oxygen atoms in total. The zero-order chi connectivity index (χ0) is 9.10. The molecule has 0 amide bonds. The van der Waals surface area contributed by atoms with Crippen LogP contribution in [0.15, 0.2) is 0 Å². The second-order valence-electron chi connectivity index (χ2n) is 3.20.